The molecule has 3 N–H and O–H groups in total. The van der Waals surface area contributed by atoms with E-state index in [2.05, 4.69) is 4.98 Å². The van der Waals surface area contributed by atoms with Crippen LogP contribution in [0.3, 0.4) is 0 Å². The van der Waals surface area contributed by atoms with Crippen molar-refractivity contribution in [3.63, 3.8) is 0 Å². The number of halogens is 1. The van der Waals surface area contributed by atoms with Crippen molar-refractivity contribution < 1.29 is 4.74 Å². The van der Waals surface area contributed by atoms with E-state index in [4.69, 9.17) is 10.5 Å². The molecule has 0 aliphatic carbocycles. The second-order valence-electron chi connectivity index (χ2n) is 3.26. The van der Waals surface area contributed by atoms with E-state index in [1.807, 2.05) is 24.4 Å². The van der Waals surface area contributed by atoms with Gasteiger partial charge in [-0.25, -0.2) is 0 Å². The number of nitrogens with one attached hydrogen (secondary N) is 1. The lowest BCUT2D eigenvalue weighted by Crippen LogP contribution is -2.01. The van der Waals surface area contributed by atoms with Gasteiger partial charge in [0.25, 0.3) is 0 Å². The normalized spacial score (nSPS) is 10.0. The first kappa shape index (κ1) is 11.9. The summed E-state index contributed by atoms with van der Waals surface area (Å²) in [5.74, 6) is 0.885. The van der Waals surface area contributed by atoms with E-state index in [0.717, 1.165) is 17.7 Å². The van der Waals surface area contributed by atoms with Crippen LogP contribution < -0.4 is 10.5 Å². The molecule has 4 heteroatoms. The smallest absolute Gasteiger partial charge is 0.119 e. The highest BCUT2D eigenvalue weighted by molar-refractivity contribution is 5.85. The molecule has 0 saturated heterocycles. The van der Waals surface area contributed by atoms with Gasteiger partial charge in [-0.3, -0.25) is 0 Å². The Morgan fingerprint density at radius 1 is 1.40 bits per heavy atom. The first-order valence-electron chi connectivity index (χ1n) is 4.69. The molecule has 0 spiro atoms. The number of H-pyrrole nitrogens is 1. The minimum atomic E-state index is 0. The van der Waals surface area contributed by atoms with E-state index >= 15 is 0 Å². The fourth-order valence-electron chi connectivity index (χ4n) is 1.65. The number of hydrogen-bond donors (Lipinski definition) is 2. The SMILES string of the molecule is COc1ccc2[nH]cc(CCN)c2c1.Cl. The van der Waals surface area contributed by atoms with Crippen molar-refractivity contribution >= 4 is 23.3 Å². The van der Waals surface area contributed by atoms with Crippen molar-refractivity contribution in [1.29, 1.82) is 0 Å². The molecule has 2 rings (SSSR count). The van der Waals surface area contributed by atoms with Crippen molar-refractivity contribution in [3.8, 4) is 5.75 Å². The number of methoxy groups -OCH3 is 1. The molecule has 1 aromatic carbocycles. The van der Waals surface area contributed by atoms with Crippen LogP contribution in [-0.2, 0) is 6.42 Å². The molecule has 2 aromatic rings. The summed E-state index contributed by atoms with van der Waals surface area (Å²) in [7, 11) is 1.68. The quantitative estimate of drug-likeness (QED) is 0.842. The number of fused-ring (bicyclic) bond motifs is 1. The van der Waals surface area contributed by atoms with Crippen LogP contribution in [0.1, 0.15) is 5.56 Å². The first-order chi connectivity index (χ1) is 6.85. The van der Waals surface area contributed by atoms with Gasteiger partial charge < -0.3 is 15.5 Å². The number of benzene rings is 1. The second-order valence-corrected chi connectivity index (χ2v) is 3.26. The molecule has 15 heavy (non-hydrogen) atoms. The van der Waals surface area contributed by atoms with Gasteiger partial charge in [0.1, 0.15) is 5.75 Å². The molecule has 0 fully saturated rings. The summed E-state index contributed by atoms with van der Waals surface area (Å²) >= 11 is 0. The Morgan fingerprint density at radius 2 is 2.20 bits per heavy atom. The summed E-state index contributed by atoms with van der Waals surface area (Å²) in [5, 5.41) is 1.20. The van der Waals surface area contributed by atoms with Gasteiger partial charge in [0.2, 0.25) is 0 Å². The molecule has 0 aliphatic rings. The fourth-order valence-corrected chi connectivity index (χ4v) is 1.65. The molecule has 0 amide bonds. The van der Waals surface area contributed by atoms with E-state index in [0.29, 0.717) is 6.54 Å². The van der Waals surface area contributed by atoms with Crippen molar-refractivity contribution in [3.05, 3.63) is 30.0 Å². The zero-order valence-electron chi connectivity index (χ0n) is 8.62. The van der Waals surface area contributed by atoms with Gasteiger partial charge in [-0.15, -0.1) is 12.4 Å². The summed E-state index contributed by atoms with van der Waals surface area (Å²) in [5.41, 5.74) is 7.92. The first-order valence-corrected chi connectivity index (χ1v) is 4.69. The van der Waals surface area contributed by atoms with Crippen LogP contribution in [0.2, 0.25) is 0 Å². The summed E-state index contributed by atoms with van der Waals surface area (Å²) in [6.07, 6.45) is 2.91. The Morgan fingerprint density at radius 3 is 2.87 bits per heavy atom. The minimum Gasteiger partial charge on any atom is -0.497 e. The number of aromatic amines is 1. The fraction of sp³-hybridized carbons (Fsp3) is 0.273. The van der Waals surface area contributed by atoms with Gasteiger partial charge in [-0.1, -0.05) is 0 Å². The predicted octanol–water partition coefficient (Wildman–Crippen LogP) is 2.10. The lowest BCUT2D eigenvalue weighted by atomic mass is 10.1. The van der Waals surface area contributed by atoms with Crippen LogP contribution in [0.4, 0.5) is 0 Å². The Bertz CT molecular complexity index is 439. The van der Waals surface area contributed by atoms with E-state index in [1.165, 1.54) is 10.9 Å². The Kier molecular flexibility index (Phi) is 4.00. The standard InChI is InChI=1S/C11H14N2O.ClH/c1-14-9-2-3-11-10(6-9)8(4-5-12)7-13-11;/h2-3,6-7,13H,4-5,12H2,1H3;1H. The molecule has 3 nitrogen and oxygen atoms in total. The number of nitrogens with two attached hydrogens (primary N) is 1. The lowest BCUT2D eigenvalue weighted by Gasteiger charge is -2.00. The van der Waals surface area contributed by atoms with Crippen LogP contribution in [0.25, 0.3) is 10.9 Å². The summed E-state index contributed by atoms with van der Waals surface area (Å²) in [6.45, 7) is 0.671. The van der Waals surface area contributed by atoms with E-state index in [1.54, 1.807) is 7.11 Å². The van der Waals surface area contributed by atoms with Gasteiger partial charge in [-0.05, 0) is 36.7 Å². The maximum Gasteiger partial charge on any atom is 0.119 e. The van der Waals surface area contributed by atoms with E-state index in [9.17, 15) is 0 Å². The molecule has 0 bridgehead atoms. The molecular formula is C11H15ClN2O. The molecule has 82 valence electrons. The highest BCUT2D eigenvalue weighted by Gasteiger charge is 2.03. The van der Waals surface area contributed by atoms with Crippen LogP contribution in [0.5, 0.6) is 5.75 Å². The van der Waals surface area contributed by atoms with Crippen LogP contribution in [-0.4, -0.2) is 18.6 Å². The van der Waals surface area contributed by atoms with E-state index < -0.39 is 0 Å². The highest BCUT2D eigenvalue weighted by Crippen LogP contribution is 2.23. The summed E-state index contributed by atoms with van der Waals surface area (Å²) in [4.78, 5) is 3.21. The third-order valence-corrected chi connectivity index (χ3v) is 2.39. The van der Waals surface area contributed by atoms with Gasteiger partial charge in [0.15, 0.2) is 0 Å². The van der Waals surface area contributed by atoms with Crippen LogP contribution in [0, 0.1) is 0 Å². The van der Waals surface area contributed by atoms with Gasteiger partial charge >= 0.3 is 0 Å². The average molecular weight is 227 g/mol. The molecule has 0 radical (unpaired) electrons. The Hall–Kier alpha value is -1.19. The van der Waals surface area contributed by atoms with Crippen LogP contribution in [0.15, 0.2) is 24.4 Å². The number of hydrogen-bond acceptors (Lipinski definition) is 2. The molecule has 1 aromatic heterocycles. The Balaban J connectivity index is 0.00000112. The average Bonchev–Trinajstić information content (AvgIpc) is 2.61. The predicted molar refractivity (Wildman–Crippen MR) is 64.9 cm³/mol. The monoisotopic (exact) mass is 226 g/mol. The second kappa shape index (κ2) is 5.05. The maximum absolute atomic E-state index is 5.54. The van der Waals surface area contributed by atoms with Crippen molar-refractivity contribution in [2.45, 2.75) is 6.42 Å². The lowest BCUT2D eigenvalue weighted by molar-refractivity contribution is 0.415. The topological polar surface area (TPSA) is 51.0 Å². The Labute approximate surface area is 95.0 Å². The number of aromatic nitrogens is 1. The van der Waals surface area contributed by atoms with Gasteiger partial charge in [0.05, 0.1) is 7.11 Å². The van der Waals surface area contributed by atoms with Crippen molar-refractivity contribution in [2.24, 2.45) is 5.73 Å². The highest BCUT2D eigenvalue weighted by atomic mass is 35.5. The molecular weight excluding hydrogens is 212 g/mol. The molecule has 0 saturated carbocycles. The van der Waals surface area contributed by atoms with E-state index in [-0.39, 0.29) is 12.4 Å². The summed E-state index contributed by atoms with van der Waals surface area (Å²) in [6, 6.07) is 6.01. The van der Waals surface area contributed by atoms with Gasteiger partial charge in [0, 0.05) is 17.1 Å². The third kappa shape index (κ3) is 2.25. The molecule has 0 atom stereocenters. The van der Waals surface area contributed by atoms with Crippen molar-refractivity contribution in [1.82, 2.24) is 4.98 Å². The number of ether oxygens (including phenoxy) is 1. The van der Waals surface area contributed by atoms with Crippen molar-refractivity contribution in [2.75, 3.05) is 13.7 Å². The number of rotatable bonds is 3. The van der Waals surface area contributed by atoms with Gasteiger partial charge in [-0.2, -0.15) is 0 Å². The molecule has 0 aliphatic heterocycles. The zero-order chi connectivity index (χ0) is 9.97. The molecule has 1 heterocycles. The van der Waals surface area contributed by atoms with Crippen LogP contribution >= 0.6 is 12.4 Å². The third-order valence-electron chi connectivity index (χ3n) is 2.39. The minimum absolute atomic E-state index is 0. The summed E-state index contributed by atoms with van der Waals surface area (Å²) < 4.78 is 5.18. The largest absolute Gasteiger partial charge is 0.497 e. The zero-order valence-corrected chi connectivity index (χ0v) is 9.43. The maximum atomic E-state index is 5.54. The molecule has 0 unspecified atom stereocenters.